The van der Waals surface area contributed by atoms with Crippen molar-refractivity contribution in [1.82, 2.24) is 9.97 Å². The fourth-order valence-corrected chi connectivity index (χ4v) is 1.94. The molecule has 1 aromatic heterocycles. The van der Waals surface area contributed by atoms with Crippen molar-refractivity contribution in [3.05, 3.63) is 32.7 Å². The quantitative estimate of drug-likeness (QED) is 0.552. The van der Waals surface area contributed by atoms with Crippen molar-refractivity contribution >= 4 is 45.1 Å². The van der Waals surface area contributed by atoms with E-state index in [9.17, 15) is 0 Å². The number of fused-ring (bicyclic) bond motifs is 1. The van der Waals surface area contributed by atoms with Gasteiger partial charge in [0.1, 0.15) is 11.0 Å². The molecule has 0 bridgehead atoms. The highest BCUT2D eigenvalue weighted by atomic mass is 127. The second-order valence-electron chi connectivity index (χ2n) is 2.72. The van der Waals surface area contributed by atoms with Crippen LogP contribution in [-0.4, -0.2) is 9.97 Å². The van der Waals surface area contributed by atoms with Gasteiger partial charge in [0.2, 0.25) is 0 Å². The zero-order valence-corrected chi connectivity index (χ0v) is 9.80. The SMILES string of the molecule is Cc1nc(Cl)c2cc(I)ccc2n1. The lowest BCUT2D eigenvalue weighted by atomic mass is 10.2. The Balaban J connectivity index is 2.87. The van der Waals surface area contributed by atoms with E-state index in [-0.39, 0.29) is 0 Å². The van der Waals surface area contributed by atoms with E-state index in [1.54, 1.807) is 0 Å². The smallest absolute Gasteiger partial charge is 0.140 e. The molecule has 2 nitrogen and oxygen atoms in total. The zero-order valence-electron chi connectivity index (χ0n) is 6.88. The first-order chi connectivity index (χ1) is 6.16. The summed E-state index contributed by atoms with van der Waals surface area (Å²) in [6.07, 6.45) is 0. The molecular weight excluding hydrogens is 298 g/mol. The Bertz CT molecular complexity index is 470. The van der Waals surface area contributed by atoms with Gasteiger partial charge in [0.05, 0.1) is 5.52 Å². The third-order valence-electron chi connectivity index (χ3n) is 1.72. The Morgan fingerprint density at radius 3 is 2.85 bits per heavy atom. The summed E-state index contributed by atoms with van der Waals surface area (Å²) in [7, 11) is 0. The highest BCUT2D eigenvalue weighted by Gasteiger charge is 2.02. The van der Waals surface area contributed by atoms with E-state index in [1.165, 1.54) is 0 Å². The first kappa shape index (κ1) is 9.15. The first-order valence-electron chi connectivity index (χ1n) is 3.76. The van der Waals surface area contributed by atoms with Crippen LogP contribution in [-0.2, 0) is 0 Å². The Kier molecular flexibility index (Phi) is 2.38. The molecular formula is C9H6ClIN2. The Hall–Kier alpha value is -0.420. The van der Waals surface area contributed by atoms with Gasteiger partial charge in [0.15, 0.2) is 0 Å². The molecule has 4 heteroatoms. The summed E-state index contributed by atoms with van der Waals surface area (Å²) in [4.78, 5) is 8.37. The van der Waals surface area contributed by atoms with Gasteiger partial charge in [-0.2, -0.15) is 0 Å². The van der Waals surface area contributed by atoms with Crippen molar-refractivity contribution in [2.75, 3.05) is 0 Å². The maximum Gasteiger partial charge on any atom is 0.140 e. The number of aromatic nitrogens is 2. The summed E-state index contributed by atoms with van der Waals surface area (Å²) in [5, 5.41) is 1.44. The molecule has 0 aliphatic rings. The summed E-state index contributed by atoms with van der Waals surface area (Å²) in [6.45, 7) is 1.84. The van der Waals surface area contributed by atoms with Crippen LogP contribution in [0.25, 0.3) is 10.9 Å². The van der Waals surface area contributed by atoms with Crippen molar-refractivity contribution in [2.45, 2.75) is 6.92 Å². The molecule has 66 valence electrons. The molecule has 1 aromatic carbocycles. The van der Waals surface area contributed by atoms with Crippen LogP contribution in [0.15, 0.2) is 18.2 Å². The van der Waals surface area contributed by atoms with E-state index >= 15 is 0 Å². The largest absolute Gasteiger partial charge is 0.233 e. The average Bonchev–Trinajstić information content (AvgIpc) is 2.06. The molecule has 0 radical (unpaired) electrons. The maximum absolute atomic E-state index is 5.98. The number of halogens is 2. The topological polar surface area (TPSA) is 25.8 Å². The van der Waals surface area contributed by atoms with Crippen LogP contribution in [0.5, 0.6) is 0 Å². The van der Waals surface area contributed by atoms with Gasteiger partial charge in [-0.05, 0) is 47.7 Å². The highest BCUT2D eigenvalue weighted by molar-refractivity contribution is 14.1. The number of aryl methyl sites for hydroxylation is 1. The van der Waals surface area contributed by atoms with Crippen molar-refractivity contribution in [2.24, 2.45) is 0 Å². The number of hydrogen-bond acceptors (Lipinski definition) is 2. The molecule has 0 amide bonds. The van der Waals surface area contributed by atoms with Crippen molar-refractivity contribution in [3.8, 4) is 0 Å². The van der Waals surface area contributed by atoms with Crippen LogP contribution < -0.4 is 0 Å². The van der Waals surface area contributed by atoms with Crippen molar-refractivity contribution in [1.29, 1.82) is 0 Å². The third kappa shape index (κ3) is 1.76. The lowest BCUT2D eigenvalue weighted by Crippen LogP contribution is -1.90. The van der Waals surface area contributed by atoms with Crippen LogP contribution in [0.1, 0.15) is 5.82 Å². The molecule has 0 saturated carbocycles. The molecule has 0 aliphatic heterocycles. The lowest BCUT2D eigenvalue weighted by Gasteiger charge is -2.00. The van der Waals surface area contributed by atoms with Gasteiger partial charge in [0.25, 0.3) is 0 Å². The summed E-state index contributed by atoms with van der Waals surface area (Å²) in [5.74, 6) is 0.707. The van der Waals surface area contributed by atoms with Crippen LogP contribution in [0, 0.1) is 10.5 Å². The summed E-state index contributed by atoms with van der Waals surface area (Å²) in [6, 6.07) is 5.95. The second kappa shape index (κ2) is 3.38. The normalized spacial score (nSPS) is 10.7. The molecule has 13 heavy (non-hydrogen) atoms. The van der Waals surface area contributed by atoms with E-state index in [4.69, 9.17) is 11.6 Å². The van der Waals surface area contributed by atoms with E-state index in [1.807, 2.05) is 25.1 Å². The van der Waals surface area contributed by atoms with Crippen LogP contribution in [0.3, 0.4) is 0 Å². The van der Waals surface area contributed by atoms with E-state index in [0.717, 1.165) is 14.5 Å². The number of nitrogens with zero attached hydrogens (tertiary/aromatic N) is 2. The molecule has 0 aliphatic carbocycles. The minimum absolute atomic E-state index is 0.529. The Labute approximate surface area is 94.5 Å². The van der Waals surface area contributed by atoms with Gasteiger partial charge in [0, 0.05) is 8.96 Å². The number of hydrogen-bond donors (Lipinski definition) is 0. The van der Waals surface area contributed by atoms with Gasteiger partial charge in [-0.1, -0.05) is 11.6 Å². The molecule has 0 fully saturated rings. The number of rotatable bonds is 0. The van der Waals surface area contributed by atoms with Gasteiger partial charge in [-0.15, -0.1) is 0 Å². The van der Waals surface area contributed by atoms with Crippen LogP contribution in [0.4, 0.5) is 0 Å². The molecule has 2 rings (SSSR count). The van der Waals surface area contributed by atoms with Crippen molar-refractivity contribution < 1.29 is 0 Å². The van der Waals surface area contributed by atoms with Crippen LogP contribution >= 0.6 is 34.2 Å². The molecule has 2 aromatic rings. The molecule has 0 unspecified atom stereocenters. The minimum Gasteiger partial charge on any atom is -0.233 e. The first-order valence-corrected chi connectivity index (χ1v) is 5.22. The molecule has 1 heterocycles. The third-order valence-corrected chi connectivity index (χ3v) is 2.68. The van der Waals surface area contributed by atoms with E-state index in [2.05, 4.69) is 32.6 Å². The van der Waals surface area contributed by atoms with Gasteiger partial charge < -0.3 is 0 Å². The summed E-state index contributed by atoms with van der Waals surface area (Å²) in [5.41, 5.74) is 0.901. The second-order valence-corrected chi connectivity index (χ2v) is 4.33. The van der Waals surface area contributed by atoms with Gasteiger partial charge in [-0.25, -0.2) is 9.97 Å². The predicted molar refractivity (Wildman–Crippen MR) is 62.0 cm³/mol. The standard InChI is InChI=1S/C9H6ClIN2/c1-5-12-8-3-2-6(11)4-7(8)9(10)13-5/h2-4H,1H3. The molecule has 0 atom stereocenters. The summed E-state index contributed by atoms with van der Waals surface area (Å²) < 4.78 is 1.14. The minimum atomic E-state index is 0.529. The van der Waals surface area contributed by atoms with E-state index < -0.39 is 0 Å². The van der Waals surface area contributed by atoms with E-state index in [0.29, 0.717) is 11.0 Å². The fourth-order valence-electron chi connectivity index (χ4n) is 1.17. The monoisotopic (exact) mass is 304 g/mol. The Morgan fingerprint density at radius 2 is 2.08 bits per heavy atom. The maximum atomic E-state index is 5.98. The van der Waals surface area contributed by atoms with Crippen molar-refractivity contribution in [3.63, 3.8) is 0 Å². The zero-order chi connectivity index (χ0) is 9.42. The highest BCUT2D eigenvalue weighted by Crippen LogP contribution is 2.22. The Morgan fingerprint density at radius 1 is 1.31 bits per heavy atom. The average molecular weight is 305 g/mol. The molecule has 0 spiro atoms. The predicted octanol–water partition coefficient (Wildman–Crippen LogP) is 3.20. The van der Waals surface area contributed by atoms with Gasteiger partial charge in [-0.3, -0.25) is 0 Å². The fraction of sp³-hybridized carbons (Fsp3) is 0.111. The summed E-state index contributed by atoms with van der Waals surface area (Å²) >= 11 is 8.22. The molecule has 0 N–H and O–H groups in total. The number of benzene rings is 1. The van der Waals surface area contributed by atoms with Crippen LogP contribution in [0.2, 0.25) is 5.15 Å². The molecule has 0 saturated heterocycles. The lowest BCUT2D eigenvalue weighted by molar-refractivity contribution is 1.09. The van der Waals surface area contributed by atoms with Gasteiger partial charge >= 0.3 is 0 Å².